The molecular weight excluding hydrogens is 519 g/mol. The highest BCUT2D eigenvalue weighted by molar-refractivity contribution is 6.46. The molecule has 0 saturated carbocycles. The highest BCUT2D eigenvalue weighted by Crippen LogP contribution is 2.36. The minimum Gasteiger partial charge on any atom is -0.434 e. The van der Waals surface area contributed by atoms with Crippen LogP contribution in [0.5, 0.6) is 0 Å². The summed E-state index contributed by atoms with van der Waals surface area (Å²) in [6.45, 7) is 0. The van der Waals surface area contributed by atoms with Crippen molar-refractivity contribution in [1.29, 1.82) is 0 Å². The Balaban J connectivity index is 1.39. The van der Waals surface area contributed by atoms with Gasteiger partial charge in [-0.1, -0.05) is 71.7 Å². The van der Waals surface area contributed by atoms with Gasteiger partial charge in [0.1, 0.15) is 0 Å². The van der Waals surface area contributed by atoms with Gasteiger partial charge in [0.2, 0.25) is 5.89 Å². The Kier molecular flexibility index (Phi) is 5.11. The molecule has 4 aromatic carbocycles. The Morgan fingerprint density at radius 3 is 2.11 bits per heavy atom. The molecule has 2 heterocycles. The van der Waals surface area contributed by atoms with E-state index in [0.717, 1.165) is 22.0 Å². The number of halogens is 2. The number of aromatic nitrogens is 2. The molecule has 0 aliphatic heterocycles. The van der Waals surface area contributed by atoms with Crippen molar-refractivity contribution in [1.82, 2.24) is 9.55 Å². The van der Waals surface area contributed by atoms with Gasteiger partial charge in [-0.3, -0.25) is 14.2 Å². The van der Waals surface area contributed by atoms with Crippen LogP contribution in [0.1, 0.15) is 26.4 Å². The van der Waals surface area contributed by atoms with Gasteiger partial charge in [-0.05, 0) is 53.2 Å². The van der Waals surface area contributed by atoms with Gasteiger partial charge < -0.3 is 4.42 Å². The van der Waals surface area contributed by atoms with Crippen LogP contribution in [0.25, 0.3) is 45.2 Å². The van der Waals surface area contributed by atoms with Gasteiger partial charge in [-0.25, -0.2) is 0 Å². The number of hydrogen-bond donors (Lipinski definition) is 0. The van der Waals surface area contributed by atoms with Crippen molar-refractivity contribution in [3.8, 4) is 17.1 Å². The van der Waals surface area contributed by atoms with Gasteiger partial charge in [-0.2, -0.15) is 4.98 Å². The highest BCUT2D eigenvalue weighted by atomic mass is 35.5. The summed E-state index contributed by atoms with van der Waals surface area (Å²) in [4.78, 5) is 31.2. The average molecular weight is 535 g/mol. The second-order valence-electron chi connectivity index (χ2n) is 9.04. The van der Waals surface area contributed by atoms with Gasteiger partial charge in [0.15, 0.2) is 22.8 Å². The molecule has 0 atom stereocenters. The van der Waals surface area contributed by atoms with Crippen molar-refractivity contribution in [3.63, 3.8) is 0 Å². The number of carbonyl (C=O) groups is 2. The molecule has 2 aromatic heterocycles. The molecule has 182 valence electrons. The van der Waals surface area contributed by atoms with Gasteiger partial charge >= 0.3 is 0 Å². The molecule has 7 rings (SSSR count). The number of Topliss-reactive ketones (excluding diaryl/α,β-unsaturated/α-hetero) is 2. The predicted molar refractivity (Wildman–Crippen MR) is 149 cm³/mol. The Morgan fingerprint density at radius 1 is 0.737 bits per heavy atom. The lowest BCUT2D eigenvalue weighted by Crippen LogP contribution is -2.03. The van der Waals surface area contributed by atoms with E-state index in [0.29, 0.717) is 22.8 Å². The molecule has 0 saturated heterocycles. The second-order valence-corrected chi connectivity index (χ2v) is 9.85. The van der Waals surface area contributed by atoms with Gasteiger partial charge in [0.05, 0.1) is 21.3 Å². The first kappa shape index (κ1) is 22.7. The maximum Gasteiger partial charge on any atom is 0.228 e. The topological polar surface area (TPSA) is 65.1 Å². The van der Waals surface area contributed by atoms with Crippen LogP contribution in [0.3, 0.4) is 0 Å². The van der Waals surface area contributed by atoms with Gasteiger partial charge in [0, 0.05) is 28.4 Å². The van der Waals surface area contributed by atoms with E-state index in [2.05, 4.69) is 6.07 Å². The zero-order valence-electron chi connectivity index (χ0n) is 19.6. The monoisotopic (exact) mass is 534 g/mol. The molecule has 5 nitrogen and oxygen atoms in total. The minimum absolute atomic E-state index is 0.0328. The quantitative estimate of drug-likeness (QED) is 0.169. The van der Waals surface area contributed by atoms with Crippen LogP contribution < -0.4 is 0 Å². The van der Waals surface area contributed by atoms with Crippen molar-refractivity contribution in [2.75, 3.05) is 0 Å². The van der Waals surface area contributed by atoms with Crippen LogP contribution in [0.2, 0.25) is 10.0 Å². The summed E-state index contributed by atoms with van der Waals surface area (Å²) in [5.74, 6) is -0.314. The van der Waals surface area contributed by atoms with Crippen LogP contribution in [0, 0.1) is 0 Å². The molecule has 0 spiro atoms. The Hall–Kier alpha value is -4.45. The van der Waals surface area contributed by atoms with Crippen LogP contribution >= 0.6 is 23.2 Å². The first-order valence-electron chi connectivity index (χ1n) is 11.8. The number of ketones is 2. The van der Waals surface area contributed by atoms with Crippen molar-refractivity contribution in [3.05, 3.63) is 123 Å². The zero-order chi connectivity index (χ0) is 26.0. The van der Waals surface area contributed by atoms with E-state index in [1.807, 2.05) is 71.3 Å². The lowest BCUT2D eigenvalue weighted by molar-refractivity contribution is 0.0990. The number of rotatable bonds is 3. The largest absolute Gasteiger partial charge is 0.434 e. The average Bonchev–Trinajstić information content (AvgIpc) is 3.56. The molecule has 0 N–H and O–H groups in total. The third-order valence-electron chi connectivity index (χ3n) is 6.73. The smallest absolute Gasteiger partial charge is 0.228 e. The van der Waals surface area contributed by atoms with Gasteiger partial charge in [0.25, 0.3) is 0 Å². The number of benzene rings is 4. The minimum atomic E-state index is -0.397. The Labute approximate surface area is 226 Å². The summed E-state index contributed by atoms with van der Waals surface area (Å²) >= 11 is 12.2. The molecule has 0 fully saturated rings. The molecule has 0 amide bonds. The first-order valence-corrected chi connectivity index (χ1v) is 12.6. The Bertz CT molecular complexity index is 1940. The molecule has 1 aliphatic rings. The number of nitrogens with zero attached hydrogens (tertiary/aromatic N) is 2. The maximum atomic E-state index is 13.2. The standard InChI is InChI=1S/C31H16Cl2N2O3/c32-25-15-22-23(16-26(25)33)29(37)24(28(22)36)13-21-14-27-30(35(21)20-8-2-1-3-9-20)34-31(38-27)19-11-10-17-6-4-5-7-18(17)12-19/h1-16H. The Morgan fingerprint density at radius 2 is 1.39 bits per heavy atom. The summed E-state index contributed by atoms with van der Waals surface area (Å²) in [7, 11) is 0. The second kappa shape index (κ2) is 8.55. The van der Waals surface area contributed by atoms with E-state index in [1.165, 1.54) is 12.1 Å². The molecule has 7 heteroatoms. The molecule has 6 aromatic rings. The lowest BCUT2D eigenvalue weighted by Gasteiger charge is -2.07. The molecule has 0 unspecified atom stereocenters. The summed E-state index contributed by atoms with van der Waals surface area (Å²) < 4.78 is 8.07. The molecule has 38 heavy (non-hydrogen) atoms. The third-order valence-corrected chi connectivity index (χ3v) is 7.45. The van der Waals surface area contributed by atoms with Gasteiger partial charge in [-0.15, -0.1) is 0 Å². The maximum absolute atomic E-state index is 13.2. The highest BCUT2D eigenvalue weighted by Gasteiger charge is 2.34. The lowest BCUT2D eigenvalue weighted by atomic mass is 10.1. The number of para-hydroxylation sites is 1. The molecule has 1 aliphatic carbocycles. The number of fused-ring (bicyclic) bond motifs is 3. The van der Waals surface area contributed by atoms with Crippen LogP contribution in [-0.4, -0.2) is 21.1 Å². The number of hydrogen-bond acceptors (Lipinski definition) is 4. The van der Waals surface area contributed by atoms with Crippen molar-refractivity contribution < 1.29 is 14.0 Å². The summed E-state index contributed by atoms with van der Waals surface area (Å²) in [6, 6.07) is 28.4. The number of allylic oxidation sites excluding steroid dienone is 1. The molecule has 0 bridgehead atoms. The van der Waals surface area contributed by atoms with Crippen molar-refractivity contribution >= 4 is 62.8 Å². The van der Waals surface area contributed by atoms with E-state index >= 15 is 0 Å². The van der Waals surface area contributed by atoms with E-state index in [-0.39, 0.29) is 26.7 Å². The molecule has 0 radical (unpaired) electrons. The number of oxazole rings is 1. The van der Waals surface area contributed by atoms with E-state index in [1.54, 1.807) is 12.1 Å². The fraction of sp³-hybridized carbons (Fsp3) is 0. The normalized spacial score (nSPS) is 13.1. The number of carbonyl (C=O) groups excluding carboxylic acids is 2. The molecular formula is C31H16Cl2N2O3. The van der Waals surface area contributed by atoms with Crippen LogP contribution in [0.15, 0.2) is 101 Å². The van der Waals surface area contributed by atoms with Crippen LogP contribution in [-0.2, 0) is 0 Å². The van der Waals surface area contributed by atoms with E-state index in [9.17, 15) is 9.59 Å². The fourth-order valence-corrected chi connectivity index (χ4v) is 5.22. The fourth-order valence-electron chi connectivity index (χ4n) is 4.89. The first-order chi connectivity index (χ1) is 18.5. The van der Waals surface area contributed by atoms with E-state index < -0.39 is 11.6 Å². The third kappa shape index (κ3) is 3.51. The summed E-state index contributed by atoms with van der Waals surface area (Å²) in [5, 5.41) is 2.67. The summed E-state index contributed by atoms with van der Waals surface area (Å²) in [6.07, 6.45) is 1.58. The zero-order valence-corrected chi connectivity index (χ0v) is 21.1. The van der Waals surface area contributed by atoms with Crippen molar-refractivity contribution in [2.45, 2.75) is 0 Å². The predicted octanol–water partition coefficient (Wildman–Crippen LogP) is 8.21. The van der Waals surface area contributed by atoms with E-state index in [4.69, 9.17) is 32.6 Å². The van der Waals surface area contributed by atoms with Crippen molar-refractivity contribution in [2.24, 2.45) is 0 Å². The summed E-state index contributed by atoms with van der Waals surface area (Å²) in [5.41, 5.74) is 3.88. The van der Waals surface area contributed by atoms with Crippen LogP contribution in [0.4, 0.5) is 0 Å². The SMILES string of the molecule is O=C1C(=Cc2cc3oc(-c4ccc5ccccc5c4)nc3n2-c2ccccc2)C(=O)c2cc(Cl)c(Cl)cc21.